The minimum absolute atomic E-state index is 0.709. The number of fused-ring (bicyclic) bond motifs is 1. The summed E-state index contributed by atoms with van der Waals surface area (Å²) in [6.07, 6.45) is 4.49. The molecule has 2 saturated heterocycles. The van der Waals surface area contributed by atoms with Crippen molar-refractivity contribution >= 4 is 22.7 Å². The Bertz CT molecular complexity index is 681. The van der Waals surface area contributed by atoms with Crippen LogP contribution in [-0.4, -0.2) is 42.6 Å². The van der Waals surface area contributed by atoms with Gasteiger partial charge in [0.05, 0.1) is 7.11 Å². The van der Waals surface area contributed by atoms with Crippen LogP contribution in [0.2, 0.25) is 0 Å². The number of aromatic nitrogens is 1. The van der Waals surface area contributed by atoms with Crippen LogP contribution in [0.4, 0.5) is 0 Å². The molecule has 1 N–H and O–H groups in total. The lowest BCUT2D eigenvalue weighted by Crippen LogP contribution is -2.48. The van der Waals surface area contributed by atoms with E-state index in [-0.39, 0.29) is 0 Å². The quantitative estimate of drug-likeness (QED) is 0.872. The second kappa shape index (κ2) is 6.67. The van der Waals surface area contributed by atoms with E-state index in [4.69, 9.17) is 4.74 Å². The summed E-state index contributed by atoms with van der Waals surface area (Å²) in [5.41, 5.74) is 0. The summed E-state index contributed by atoms with van der Waals surface area (Å²) in [5, 5.41) is 5.73. The normalized spacial score (nSPS) is 20.6. The third kappa shape index (κ3) is 3.05. The van der Waals surface area contributed by atoms with Gasteiger partial charge in [-0.2, -0.15) is 0 Å². The molecule has 3 heterocycles. The van der Waals surface area contributed by atoms with Crippen molar-refractivity contribution in [2.45, 2.75) is 17.7 Å². The second-order valence-electron chi connectivity index (χ2n) is 6.45. The number of nitrogens with one attached hydrogen (secondary N) is 1. The van der Waals surface area contributed by atoms with Crippen LogP contribution in [0.15, 0.2) is 35.4 Å². The highest BCUT2D eigenvalue weighted by atomic mass is 32.2. The Kier molecular flexibility index (Phi) is 4.42. The van der Waals surface area contributed by atoms with E-state index >= 15 is 0 Å². The minimum Gasteiger partial charge on any atom is -0.481 e. The van der Waals surface area contributed by atoms with Crippen LogP contribution in [0, 0.1) is 11.8 Å². The third-order valence-corrected chi connectivity index (χ3v) is 6.30. The average Bonchev–Trinajstić information content (AvgIpc) is 2.55. The highest BCUT2D eigenvalue weighted by Gasteiger charge is 2.30. The van der Waals surface area contributed by atoms with Gasteiger partial charge < -0.3 is 10.1 Å². The molecule has 2 aliphatic rings. The van der Waals surface area contributed by atoms with Crippen LogP contribution in [0.3, 0.4) is 0 Å². The first kappa shape index (κ1) is 15.2. The van der Waals surface area contributed by atoms with Gasteiger partial charge in [-0.05, 0) is 67.9 Å². The Morgan fingerprint density at radius 2 is 1.96 bits per heavy atom. The lowest BCUT2D eigenvalue weighted by Gasteiger charge is -2.39. The Balaban J connectivity index is 1.48. The van der Waals surface area contributed by atoms with E-state index in [2.05, 4.69) is 38.9 Å². The summed E-state index contributed by atoms with van der Waals surface area (Å²) in [5.74, 6) is 2.56. The first-order valence-electron chi connectivity index (χ1n) is 8.40. The van der Waals surface area contributed by atoms with Crippen molar-refractivity contribution in [1.29, 1.82) is 0 Å². The number of benzene rings is 1. The topological polar surface area (TPSA) is 37.4 Å². The van der Waals surface area contributed by atoms with Crippen molar-refractivity contribution < 1.29 is 4.74 Å². The fraction of sp³-hybridized carbons (Fsp3) is 0.500. The smallest absolute Gasteiger partial charge is 0.221 e. The summed E-state index contributed by atoms with van der Waals surface area (Å²) in [6.45, 7) is 4.83. The maximum Gasteiger partial charge on any atom is 0.221 e. The molecule has 2 fully saturated rings. The lowest BCUT2D eigenvalue weighted by atomic mass is 9.81. The molecule has 0 amide bonds. The third-order valence-electron chi connectivity index (χ3n) is 5.13. The molecular weight excluding hydrogens is 306 g/mol. The zero-order valence-electron chi connectivity index (χ0n) is 13.5. The molecule has 0 aliphatic carbocycles. The molecule has 2 aliphatic heterocycles. The zero-order valence-corrected chi connectivity index (χ0v) is 14.3. The minimum atomic E-state index is 0.709. The van der Waals surface area contributed by atoms with Gasteiger partial charge in [-0.25, -0.2) is 9.29 Å². The van der Waals surface area contributed by atoms with Gasteiger partial charge in [-0.3, -0.25) is 0 Å². The van der Waals surface area contributed by atoms with Gasteiger partial charge in [0.15, 0.2) is 0 Å². The molecule has 0 atom stereocenters. The molecule has 2 aromatic rings. The summed E-state index contributed by atoms with van der Waals surface area (Å²) >= 11 is 1.89. The number of hydrogen-bond donors (Lipinski definition) is 1. The standard InChI is InChI=1S/C18H23N3OS/c1-22-18-16-3-2-4-17(15(16)5-8-20-18)23-21-9-6-13(7-10-21)14-11-19-12-14/h2-5,8,13-14,19H,6-7,9-12H2,1H3. The molecule has 4 rings (SSSR count). The van der Waals surface area contributed by atoms with Crippen molar-refractivity contribution in [3.8, 4) is 5.88 Å². The van der Waals surface area contributed by atoms with Crippen LogP contribution in [0.25, 0.3) is 10.8 Å². The van der Waals surface area contributed by atoms with Gasteiger partial charge in [-0.15, -0.1) is 0 Å². The highest BCUT2D eigenvalue weighted by Crippen LogP contribution is 2.36. The molecule has 1 aromatic heterocycles. The van der Waals surface area contributed by atoms with Gasteiger partial charge in [0.2, 0.25) is 5.88 Å². The zero-order chi connectivity index (χ0) is 15.6. The average molecular weight is 329 g/mol. The van der Waals surface area contributed by atoms with Crippen LogP contribution in [0.5, 0.6) is 5.88 Å². The number of ether oxygens (including phenoxy) is 1. The molecule has 1 aromatic carbocycles. The number of hydrogen-bond acceptors (Lipinski definition) is 5. The van der Waals surface area contributed by atoms with Crippen molar-refractivity contribution in [3.63, 3.8) is 0 Å². The number of nitrogens with zero attached hydrogens (tertiary/aromatic N) is 2. The molecule has 0 unspecified atom stereocenters. The largest absolute Gasteiger partial charge is 0.481 e. The molecule has 0 saturated carbocycles. The summed E-state index contributed by atoms with van der Waals surface area (Å²) in [4.78, 5) is 5.61. The van der Waals surface area contributed by atoms with Gasteiger partial charge in [0.1, 0.15) is 0 Å². The summed E-state index contributed by atoms with van der Waals surface area (Å²) < 4.78 is 7.91. The van der Waals surface area contributed by atoms with Crippen molar-refractivity contribution in [2.75, 3.05) is 33.3 Å². The van der Waals surface area contributed by atoms with E-state index in [9.17, 15) is 0 Å². The van der Waals surface area contributed by atoms with E-state index in [0.29, 0.717) is 5.88 Å². The predicted octanol–water partition coefficient (Wildman–Crippen LogP) is 3.18. The summed E-state index contributed by atoms with van der Waals surface area (Å²) in [7, 11) is 1.68. The van der Waals surface area contributed by atoms with Crippen molar-refractivity contribution in [2.24, 2.45) is 11.8 Å². The Morgan fingerprint density at radius 1 is 1.13 bits per heavy atom. The molecular formula is C18H23N3OS. The molecule has 23 heavy (non-hydrogen) atoms. The number of piperidine rings is 1. The number of pyridine rings is 1. The summed E-state index contributed by atoms with van der Waals surface area (Å²) in [6, 6.07) is 8.48. The maximum atomic E-state index is 5.39. The Labute approximate surface area is 141 Å². The van der Waals surface area contributed by atoms with Gasteiger partial charge >= 0.3 is 0 Å². The lowest BCUT2D eigenvalue weighted by molar-refractivity contribution is 0.165. The second-order valence-corrected chi connectivity index (χ2v) is 7.59. The molecule has 122 valence electrons. The van der Waals surface area contributed by atoms with E-state index < -0.39 is 0 Å². The fourth-order valence-electron chi connectivity index (χ4n) is 3.62. The molecule has 4 nitrogen and oxygen atoms in total. The number of methoxy groups -OCH3 is 1. The fourth-order valence-corrected chi connectivity index (χ4v) is 4.70. The first-order valence-corrected chi connectivity index (χ1v) is 9.18. The molecule has 0 bridgehead atoms. The number of rotatable bonds is 4. The van der Waals surface area contributed by atoms with Gasteiger partial charge in [0.25, 0.3) is 0 Å². The van der Waals surface area contributed by atoms with Crippen LogP contribution < -0.4 is 10.1 Å². The van der Waals surface area contributed by atoms with E-state index in [1.54, 1.807) is 7.11 Å². The highest BCUT2D eigenvalue weighted by molar-refractivity contribution is 7.97. The van der Waals surface area contributed by atoms with E-state index in [1.165, 1.54) is 49.3 Å². The van der Waals surface area contributed by atoms with E-state index in [0.717, 1.165) is 17.2 Å². The van der Waals surface area contributed by atoms with Crippen molar-refractivity contribution in [1.82, 2.24) is 14.6 Å². The van der Waals surface area contributed by atoms with Crippen LogP contribution in [0.1, 0.15) is 12.8 Å². The predicted molar refractivity (Wildman–Crippen MR) is 94.8 cm³/mol. The monoisotopic (exact) mass is 329 g/mol. The van der Waals surface area contributed by atoms with Crippen LogP contribution in [-0.2, 0) is 0 Å². The maximum absolute atomic E-state index is 5.39. The van der Waals surface area contributed by atoms with Gasteiger partial charge in [-0.1, -0.05) is 6.07 Å². The van der Waals surface area contributed by atoms with Crippen molar-refractivity contribution in [3.05, 3.63) is 30.5 Å². The molecule has 5 heteroatoms. The van der Waals surface area contributed by atoms with Crippen LogP contribution >= 0.6 is 11.9 Å². The SMILES string of the molecule is COc1nccc2c(SN3CCC(C4CNC4)CC3)cccc12. The molecule has 0 radical (unpaired) electrons. The van der Waals surface area contributed by atoms with Gasteiger partial charge in [0, 0.05) is 35.0 Å². The van der Waals surface area contributed by atoms with E-state index in [1.807, 2.05) is 18.1 Å². The Morgan fingerprint density at radius 3 is 2.65 bits per heavy atom. The molecule has 0 spiro atoms. The Hall–Kier alpha value is -1.30. The first-order chi connectivity index (χ1) is 11.3.